The predicted octanol–water partition coefficient (Wildman–Crippen LogP) is 2.36. The molecule has 0 atom stereocenters. The Hall–Kier alpha value is -2.74. The van der Waals surface area contributed by atoms with E-state index in [1.807, 2.05) is 11.6 Å². The molecule has 0 radical (unpaired) electrons. The number of hydrogen-bond donors (Lipinski definition) is 2. The molecule has 0 aromatic heterocycles. The fraction of sp³-hybridized carbons (Fsp3) is 0.176. The van der Waals surface area contributed by atoms with Crippen LogP contribution >= 0.6 is 0 Å². The second-order valence-corrected chi connectivity index (χ2v) is 7.08. The molecule has 0 heterocycles. The molecule has 0 spiro atoms. The maximum atomic E-state index is 12.8. The Morgan fingerprint density at radius 2 is 1.48 bits per heavy atom. The highest BCUT2D eigenvalue weighted by molar-refractivity contribution is 7.90. The Morgan fingerprint density at radius 1 is 0.920 bits per heavy atom. The summed E-state index contributed by atoms with van der Waals surface area (Å²) in [6, 6.07) is 11.2. The lowest BCUT2D eigenvalue weighted by Crippen LogP contribution is -2.31. The second kappa shape index (κ2) is 7.89. The summed E-state index contributed by atoms with van der Waals surface area (Å²) in [5, 5.41) is 2.49. The van der Waals surface area contributed by atoms with Crippen LogP contribution < -0.4 is 10.0 Å². The van der Waals surface area contributed by atoms with E-state index in [1.165, 1.54) is 36.4 Å². The Kier molecular flexibility index (Phi) is 5.87. The van der Waals surface area contributed by atoms with Crippen molar-refractivity contribution in [2.45, 2.75) is 24.7 Å². The fourth-order valence-corrected chi connectivity index (χ4v) is 2.98. The number of amides is 2. The van der Waals surface area contributed by atoms with Crippen LogP contribution in [0.15, 0.2) is 53.4 Å². The van der Waals surface area contributed by atoms with Crippen molar-refractivity contribution in [3.05, 3.63) is 59.9 Å². The number of carbonyl (C=O) groups excluding carboxylic acids is 2. The van der Waals surface area contributed by atoms with E-state index in [1.54, 1.807) is 12.1 Å². The number of carbonyl (C=O) groups is 2. The Balaban J connectivity index is 1.86. The van der Waals surface area contributed by atoms with Crippen LogP contribution in [0.5, 0.6) is 0 Å². The fourth-order valence-electron chi connectivity index (χ4n) is 1.96. The Labute approximate surface area is 145 Å². The van der Waals surface area contributed by atoms with Crippen LogP contribution in [0.2, 0.25) is 0 Å². The maximum absolute atomic E-state index is 12.8. The van der Waals surface area contributed by atoms with Crippen molar-refractivity contribution in [2.75, 3.05) is 5.32 Å². The molecule has 8 heteroatoms. The van der Waals surface area contributed by atoms with Gasteiger partial charge in [0.15, 0.2) is 0 Å². The van der Waals surface area contributed by atoms with Crippen LogP contribution in [0, 0.1) is 12.7 Å². The van der Waals surface area contributed by atoms with Gasteiger partial charge in [-0.2, -0.15) is 0 Å². The third-order valence-electron chi connectivity index (χ3n) is 3.29. The quantitative estimate of drug-likeness (QED) is 0.823. The molecule has 0 aliphatic carbocycles. The van der Waals surface area contributed by atoms with E-state index in [0.29, 0.717) is 5.69 Å². The van der Waals surface area contributed by atoms with Crippen molar-refractivity contribution in [1.82, 2.24) is 4.72 Å². The van der Waals surface area contributed by atoms with Crippen LogP contribution in [-0.2, 0) is 19.6 Å². The van der Waals surface area contributed by atoms with Crippen LogP contribution in [-0.4, -0.2) is 20.2 Å². The molecule has 25 heavy (non-hydrogen) atoms. The normalized spacial score (nSPS) is 11.0. The first kappa shape index (κ1) is 18.6. The molecule has 2 aromatic rings. The first-order valence-corrected chi connectivity index (χ1v) is 8.92. The summed E-state index contributed by atoms with van der Waals surface area (Å²) in [6.07, 6.45) is -0.495. The molecule has 0 saturated carbocycles. The molecule has 2 aromatic carbocycles. The number of halogens is 1. The maximum Gasteiger partial charge on any atom is 0.264 e. The lowest BCUT2D eigenvalue weighted by molar-refractivity contribution is -0.123. The molecule has 0 aliphatic heterocycles. The average Bonchev–Trinajstić information content (AvgIpc) is 2.55. The highest BCUT2D eigenvalue weighted by atomic mass is 32.2. The van der Waals surface area contributed by atoms with Crippen LogP contribution in [0.25, 0.3) is 0 Å². The minimum absolute atomic E-state index is 0.0257. The van der Waals surface area contributed by atoms with Gasteiger partial charge in [-0.3, -0.25) is 9.59 Å². The zero-order chi connectivity index (χ0) is 18.4. The van der Waals surface area contributed by atoms with Crippen molar-refractivity contribution in [1.29, 1.82) is 0 Å². The average molecular weight is 364 g/mol. The van der Waals surface area contributed by atoms with Gasteiger partial charge in [0.2, 0.25) is 11.8 Å². The van der Waals surface area contributed by atoms with Crippen molar-refractivity contribution in [3.63, 3.8) is 0 Å². The zero-order valence-electron chi connectivity index (χ0n) is 13.5. The third-order valence-corrected chi connectivity index (χ3v) is 4.68. The molecule has 2 N–H and O–H groups in total. The van der Waals surface area contributed by atoms with Gasteiger partial charge in [0.25, 0.3) is 10.0 Å². The SMILES string of the molecule is Cc1ccc(S(=O)(=O)NC(=O)CCC(=O)Nc2ccc(F)cc2)cc1. The first-order chi connectivity index (χ1) is 11.8. The lowest BCUT2D eigenvalue weighted by atomic mass is 10.2. The number of hydrogen-bond acceptors (Lipinski definition) is 4. The van der Waals surface area contributed by atoms with Crippen LogP contribution in [0.1, 0.15) is 18.4 Å². The highest BCUT2D eigenvalue weighted by Gasteiger charge is 2.18. The molecule has 2 rings (SSSR count). The van der Waals surface area contributed by atoms with Gasteiger partial charge in [-0.25, -0.2) is 17.5 Å². The monoisotopic (exact) mass is 364 g/mol. The number of rotatable bonds is 6. The molecule has 132 valence electrons. The van der Waals surface area contributed by atoms with Gasteiger partial charge < -0.3 is 5.32 Å². The van der Waals surface area contributed by atoms with E-state index in [0.717, 1.165) is 5.56 Å². The third kappa shape index (κ3) is 5.68. The Bertz CT molecular complexity index is 863. The summed E-state index contributed by atoms with van der Waals surface area (Å²) < 4.78 is 38.8. The molecule has 0 bridgehead atoms. The molecule has 6 nitrogen and oxygen atoms in total. The number of sulfonamides is 1. The summed E-state index contributed by atoms with van der Waals surface area (Å²) in [4.78, 5) is 23.5. The topological polar surface area (TPSA) is 92.3 Å². The number of anilines is 1. The molecular formula is C17H17FN2O4S. The van der Waals surface area contributed by atoms with Gasteiger partial charge in [-0.1, -0.05) is 17.7 Å². The number of nitrogens with one attached hydrogen (secondary N) is 2. The number of benzene rings is 2. The largest absolute Gasteiger partial charge is 0.326 e. The van der Waals surface area contributed by atoms with Gasteiger partial charge in [0, 0.05) is 18.5 Å². The lowest BCUT2D eigenvalue weighted by Gasteiger charge is -2.08. The second-order valence-electron chi connectivity index (χ2n) is 5.40. The zero-order valence-corrected chi connectivity index (χ0v) is 14.3. The summed E-state index contributed by atoms with van der Waals surface area (Å²) in [5.74, 6) is -1.69. The van der Waals surface area contributed by atoms with Gasteiger partial charge >= 0.3 is 0 Å². The Morgan fingerprint density at radius 3 is 2.08 bits per heavy atom. The van der Waals surface area contributed by atoms with Crippen molar-refractivity contribution in [2.24, 2.45) is 0 Å². The van der Waals surface area contributed by atoms with E-state index in [-0.39, 0.29) is 17.7 Å². The van der Waals surface area contributed by atoms with Gasteiger partial charge in [0.1, 0.15) is 5.82 Å². The smallest absolute Gasteiger partial charge is 0.264 e. The van der Waals surface area contributed by atoms with E-state index >= 15 is 0 Å². The van der Waals surface area contributed by atoms with E-state index in [9.17, 15) is 22.4 Å². The van der Waals surface area contributed by atoms with Crippen molar-refractivity contribution >= 4 is 27.5 Å². The van der Waals surface area contributed by atoms with Crippen molar-refractivity contribution < 1.29 is 22.4 Å². The molecule has 0 unspecified atom stereocenters. The predicted molar refractivity (Wildman–Crippen MR) is 90.8 cm³/mol. The van der Waals surface area contributed by atoms with E-state index < -0.39 is 27.7 Å². The summed E-state index contributed by atoms with van der Waals surface area (Å²) in [7, 11) is -3.96. The summed E-state index contributed by atoms with van der Waals surface area (Å²) in [6.45, 7) is 1.81. The van der Waals surface area contributed by atoms with Crippen LogP contribution in [0.4, 0.5) is 10.1 Å². The number of aryl methyl sites for hydroxylation is 1. The molecule has 0 fully saturated rings. The standard InChI is InChI=1S/C17H17FN2O4S/c1-12-2-8-15(9-3-12)25(23,24)20-17(22)11-10-16(21)19-14-6-4-13(18)5-7-14/h2-9H,10-11H2,1H3,(H,19,21)(H,20,22). The minimum Gasteiger partial charge on any atom is -0.326 e. The minimum atomic E-state index is -3.96. The summed E-state index contributed by atoms with van der Waals surface area (Å²) >= 11 is 0. The molecule has 0 aliphatic rings. The summed E-state index contributed by atoms with van der Waals surface area (Å²) in [5.41, 5.74) is 1.28. The highest BCUT2D eigenvalue weighted by Crippen LogP contribution is 2.11. The van der Waals surface area contributed by atoms with E-state index in [2.05, 4.69) is 5.32 Å². The van der Waals surface area contributed by atoms with Gasteiger partial charge in [-0.15, -0.1) is 0 Å². The molecule has 2 amide bonds. The van der Waals surface area contributed by atoms with Gasteiger partial charge in [-0.05, 0) is 43.3 Å². The van der Waals surface area contributed by atoms with Crippen LogP contribution in [0.3, 0.4) is 0 Å². The van der Waals surface area contributed by atoms with E-state index in [4.69, 9.17) is 0 Å². The first-order valence-electron chi connectivity index (χ1n) is 7.44. The molecular weight excluding hydrogens is 347 g/mol. The van der Waals surface area contributed by atoms with Crippen molar-refractivity contribution in [3.8, 4) is 0 Å². The van der Waals surface area contributed by atoms with Gasteiger partial charge in [0.05, 0.1) is 4.90 Å². The molecule has 0 saturated heterocycles.